The summed E-state index contributed by atoms with van der Waals surface area (Å²) in [5.74, 6) is -0.248. The van der Waals surface area contributed by atoms with Crippen LogP contribution in [0.15, 0.2) is 36.4 Å². The van der Waals surface area contributed by atoms with Gasteiger partial charge in [-0.3, -0.25) is 9.69 Å². The number of halogens is 1. The summed E-state index contributed by atoms with van der Waals surface area (Å²) in [5.41, 5.74) is 7.69. The van der Waals surface area contributed by atoms with Crippen molar-refractivity contribution in [1.29, 1.82) is 0 Å². The van der Waals surface area contributed by atoms with Crippen LogP contribution in [0, 0.1) is 0 Å². The molecular weight excluding hydrogens is 428 g/mol. The first-order chi connectivity index (χ1) is 14.4. The highest BCUT2D eigenvalue weighted by molar-refractivity contribution is 7.17. The topological polar surface area (TPSA) is 108 Å². The third-order valence-corrected chi connectivity index (χ3v) is 6.04. The second kappa shape index (κ2) is 10.1. The lowest BCUT2D eigenvalue weighted by molar-refractivity contribution is 0.0920. The maximum absolute atomic E-state index is 12.3. The number of thiophene rings is 1. The summed E-state index contributed by atoms with van der Waals surface area (Å²) >= 11 is 7.05. The van der Waals surface area contributed by atoms with Crippen LogP contribution >= 0.6 is 22.9 Å². The first kappa shape index (κ1) is 22.4. The normalized spacial score (nSPS) is 17.0. The monoisotopic (exact) mass is 452 g/mol. The number of ether oxygens (including phenoxy) is 1. The van der Waals surface area contributed by atoms with Gasteiger partial charge in [0.25, 0.3) is 5.91 Å². The van der Waals surface area contributed by atoms with E-state index in [1.54, 1.807) is 12.1 Å². The molecule has 1 aliphatic heterocycles. The molecule has 3 rings (SSSR count). The van der Waals surface area contributed by atoms with Crippen molar-refractivity contribution in [3.8, 4) is 0 Å². The Hall–Kier alpha value is -2.33. The van der Waals surface area contributed by atoms with Gasteiger partial charge in [0.2, 0.25) is 0 Å². The van der Waals surface area contributed by atoms with E-state index < -0.39 is 12.2 Å². The number of amides is 2. The molecule has 2 atom stereocenters. The number of hydrogen-bond acceptors (Lipinski definition) is 7. The van der Waals surface area contributed by atoms with Gasteiger partial charge in [-0.05, 0) is 42.8 Å². The van der Waals surface area contributed by atoms with E-state index in [1.807, 2.05) is 36.1 Å². The molecule has 1 saturated heterocycles. The quantitative estimate of drug-likeness (QED) is 0.505. The van der Waals surface area contributed by atoms with Gasteiger partial charge in [-0.2, -0.15) is 0 Å². The van der Waals surface area contributed by atoms with Crippen LogP contribution in [0.25, 0.3) is 0 Å². The Morgan fingerprint density at radius 2 is 2.13 bits per heavy atom. The fourth-order valence-corrected chi connectivity index (χ4v) is 4.17. The van der Waals surface area contributed by atoms with Crippen LogP contribution in [0.4, 0.5) is 16.2 Å². The van der Waals surface area contributed by atoms with Gasteiger partial charge in [-0.25, -0.2) is 4.79 Å². The van der Waals surface area contributed by atoms with E-state index in [1.165, 1.54) is 16.2 Å². The molecule has 0 saturated carbocycles. The van der Waals surface area contributed by atoms with Crippen molar-refractivity contribution in [2.75, 3.05) is 36.0 Å². The van der Waals surface area contributed by atoms with E-state index in [0.29, 0.717) is 28.0 Å². The van der Waals surface area contributed by atoms with Crippen LogP contribution in [0.2, 0.25) is 4.34 Å². The van der Waals surface area contributed by atoms with Crippen molar-refractivity contribution in [2.45, 2.75) is 25.6 Å². The number of aliphatic hydroxyl groups is 1. The minimum atomic E-state index is -0.460. The van der Waals surface area contributed by atoms with Crippen molar-refractivity contribution in [3.05, 3.63) is 45.6 Å². The molecular formula is C20H25ClN4O4S. The van der Waals surface area contributed by atoms with E-state index in [0.717, 1.165) is 12.1 Å². The van der Waals surface area contributed by atoms with Crippen molar-refractivity contribution in [3.63, 3.8) is 0 Å². The van der Waals surface area contributed by atoms with Crippen molar-refractivity contribution < 1.29 is 19.4 Å². The van der Waals surface area contributed by atoms with Crippen LogP contribution in [0.3, 0.4) is 0 Å². The van der Waals surface area contributed by atoms with E-state index in [-0.39, 0.29) is 25.2 Å². The maximum atomic E-state index is 12.3. The average molecular weight is 453 g/mol. The molecule has 30 heavy (non-hydrogen) atoms. The van der Waals surface area contributed by atoms with Gasteiger partial charge in [0.15, 0.2) is 0 Å². The van der Waals surface area contributed by atoms with Crippen LogP contribution < -0.4 is 20.9 Å². The zero-order valence-corrected chi connectivity index (χ0v) is 18.2. The van der Waals surface area contributed by atoms with Crippen molar-refractivity contribution in [2.24, 2.45) is 5.73 Å². The van der Waals surface area contributed by atoms with E-state index in [2.05, 4.69) is 5.32 Å². The van der Waals surface area contributed by atoms with Gasteiger partial charge in [0.05, 0.1) is 35.1 Å². The highest BCUT2D eigenvalue weighted by Gasteiger charge is 2.32. The van der Waals surface area contributed by atoms with E-state index in [9.17, 15) is 14.7 Å². The number of aliphatic hydroxyl groups excluding tert-OH is 1. The summed E-state index contributed by atoms with van der Waals surface area (Å²) in [6, 6.07) is 10.7. The standard InChI is InChI=1S/C20H25ClN4O4S/c1-2-18(22)24(9-10-26)13-3-5-14(6-4-13)25-12-15(29-20(25)28)11-23-19(27)16-7-8-17(21)30-16/h3-8,15,18,26H,2,9-12,22H2,1H3,(H,23,27). The Kier molecular flexibility index (Phi) is 7.54. The smallest absolute Gasteiger partial charge is 0.414 e. The third-order valence-electron chi connectivity index (χ3n) is 4.81. The summed E-state index contributed by atoms with van der Waals surface area (Å²) < 4.78 is 5.92. The number of nitrogens with zero attached hydrogens (tertiary/aromatic N) is 2. The molecule has 0 radical (unpaired) electrons. The summed E-state index contributed by atoms with van der Waals surface area (Å²) in [6.07, 6.45) is -0.369. The SMILES string of the molecule is CCC(N)N(CCO)c1ccc(N2CC(CNC(=O)c3ccc(Cl)s3)OC2=O)cc1. The number of cyclic esters (lactones) is 1. The van der Waals surface area contributed by atoms with Crippen molar-refractivity contribution >= 4 is 46.3 Å². The highest BCUT2D eigenvalue weighted by atomic mass is 35.5. The number of benzene rings is 1. The Balaban J connectivity index is 1.59. The van der Waals surface area contributed by atoms with Crippen LogP contribution in [-0.4, -0.2) is 55.6 Å². The zero-order chi connectivity index (χ0) is 21.7. The van der Waals surface area contributed by atoms with Gasteiger partial charge < -0.3 is 25.8 Å². The van der Waals surface area contributed by atoms with Crippen molar-refractivity contribution in [1.82, 2.24) is 5.32 Å². The predicted octanol–water partition coefficient (Wildman–Crippen LogP) is 2.65. The molecule has 0 bridgehead atoms. The van der Waals surface area contributed by atoms with Gasteiger partial charge >= 0.3 is 6.09 Å². The van der Waals surface area contributed by atoms with Crippen LogP contribution in [-0.2, 0) is 4.74 Å². The summed E-state index contributed by atoms with van der Waals surface area (Å²) in [4.78, 5) is 28.4. The molecule has 1 aromatic carbocycles. The minimum Gasteiger partial charge on any atom is -0.442 e. The van der Waals surface area contributed by atoms with Gasteiger partial charge in [0, 0.05) is 17.9 Å². The van der Waals surface area contributed by atoms with Crippen LogP contribution in [0.5, 0.6) is 0 Å². The number of anilines is 2. The largest absolute Gasteiger partial charge is 0.442 e. The second-order valence-electron chi connectivity index (χ2n) is 6.84. The molecule has 8 nitrogen and oxygen atoms in total. The Bertz CT molecular complexity index is 876. The Morgan fingerprint density at radius 3 is 2.73 bits per heavy atom. The molecule has 1 fully saturated rings. The number of rotatable bonds is 9. The molecule has 1 aliphatic rings. The van der Waals surface area contributed by atoms with E-state index in [4.69, 9.17) is 22.1 Å². The fraction of sp³-hybridized carbons (Fsp3) is 0.400. The molecule has 4 N–H and O–H groups in total. The van der Waals surface area contributed by atoms with Crippen LogP contribution in [0.1, 0.15) is 23.0 Å². The summed E-state index contributed by atoms with van der Waals surface area (Å²) in [5, 5.41) is 12.1. The summed E-state index contributed by atoms with van der Waals surface area (Å²) in [6.45, 7) is 2.95. The second-order valence-corrected chi connectivity index (χ2v) is 8.55. The average Bonchev–Trinajstić information content (AvgIpc) is 3.35. The maximum Gasteiger partial charge on any atom is 0.414 e. The first-order valence-corrected chi connectivity index (χ1v) is 10.9. The number of carbonyl (C=O) groups excluding carboxylic acids is 2. The van der Waals surface area contributed by atoms with Gasteiger partial charge in [-0.1, -0.05) is 18.5 Å². The lowest BCUT2D eigenvalue weighted by Crippen LogP contribution is -2.43. The molecule has 1 aromatic heterocycles. The Labute approximate surface area is 184 Å². The Morgan fingerprint density at radius 1 is 1.40 bits per heavy atom. The van der Waals surface area contributed by atoms with E-state index >= 15 is 0 Å². The highest BCUT2D eigenvalue weighted by Crippen LogP contribution is 2.26. The number of nitrogens with one attached hydrogen (secondary N) is 1. The third kappa shape index (κ3) is 5.23. The first-order valence-electron chi connectivity index (χ1n) is 9.67. The number of carbonyl (C=O) groups is 2. The molecule has 2 heterocycles. The number of hydrogen-bond donors (Lipinski definition) is 3. The molecule has 2 aromatic rings. The lowest BCUT2D eigenvalue weighted by atomic mass is 10.2. The number of nitrogens with two attached hydrogens (primary N) is 1. The molecule has 10 heteroatoms. The zero-order valence-electron chi connectivity index (χ0n) is 16.6. The molecule has 0 aliphatic carbocycles. The predicted molar refractivity (Wildman–Crippen MR) is 118 cm³/mol. The lowest BCUT2D eigenvalue weighted by Gasteiger charge is -2.30. The van der Waals surface area contributed by atoms with Gasteiger partial charge in [0.1, 0.15) is 6.10 Å². The molecule has 162 valence electrons. The molecule has 2 unspecified atom stereocenters. The molecule has 2 amide bonds. The fourth-order valence-electron chi connectivity index (χ4n) is 3.21. The molecule has 0 spiro atoms. The summed E-state index contributed by atoms with van der Waals surface area (Å²) in [7, 11) is 0. The van der Waals surface area contributed by atoms with Gasteiger partial charge in [-0.15, -0.1) is 11.3 Å². The minimum absolute atomic E-state index is 0.00101.